The van der Waals surface area contributed by atoms with Crippen molar-refractivity contribution in [3.8, 4) is 22.3 Å². The van der Waals surface area contributed by atoms with E-state index in [1.54, 1.807) is 0 Å². The van der Waals surface area contributed by atoms with Crippen LogP contribution >= 0.6 is 0 Å². The maximum atomic E-state index is 6.61. The molecule has 0 saturated carbocycles. The fourth-order valence-electron chi connectivity index (χ4n) is 7.39. The van der Waals surface area contributed by atoms with E-state index in [4.69, 9.17) is 8.83 Å². The van der Waals surface area contributed by atoms with Gasteiger partial charge in [0.2, 0.25) is 0 Å². The Morgan fingerprint density at radius 2 is 0.959 bits per heavy atom. The lowest BCUT2D eigenvalue weighted by molar-refractivity contribution is 0.669. The molecule has 0 aliphatic carbocycles. The molecule has 0 aliphatic heterocycles. The van der Waals surface area contributed by atoms with Crippen molar-refractivity contribution in [2.45, 2.75) is 0 Å². The number of fused-ring (bicyclic) bond motifs is 8. The zero-order valence-corrected chi connectivity index (χ0v) is 26.5. The third-order valence-corrected chi connectivity index (χ3v) is 9.66. The van der Waals surface area contributed by atoms with Gasteiger partial charge in [0.1, 0.15) is 16.7 Å². The minimum Gasteiger partial charge on any atom is -0.456 e. The van der Waals surface area contributed by atoms with Crippen LogP contribution in [0.5, 0.6) is 0 Å². The Bertz CT molecular complexity index is 2810. The van der Waals surface area contributed by atoms with Crippen LogP contribution in [-0.2, 0) is 0 Å². The summed E-state index contributed by atoms with van der Waals surface area (Å²) in [5.74, 6) is 0. The molecule has 230 valence electrons. The van der Waals surface area contributed by atoms with Gasteiger partial charge in [-0.2, -0.15) is 0 Å². The molecule has 0 radical (unpaired) electrons. The van der Waals surface area contributed by atoms with Crippen LogP contribution in [0.3, 0.4) is 0 Å². The molecule has 10 rings (SSSR count). The molecule has 0 unspecified atom stereocenters. The molecule has 0 fully saturated rings. The standard InChI is InChI=1S/C46H29NO2/c1-3-12-30(13-4-1)31-22-24-33(25-23-31)47(41-20-11-19-38-36-17-9-10-21-42(36)49-46(38)41)34-26-27-43-40(28-34)45-37-18-8-7-16-35(37)39(29-44(45)48-43)32-14-5-2-6-15-32/h1-29H. The highest BCUT2D eigenvalue weighted by Gasteiger charge is 2.22. The Labute approximate surface area is 282 Å². The zero-order chi connectivity index (χ0) is 32.3. The van der Waals surface area contributed by atoms with Crippen molar-refractivity contribution in [1.82, 2.24) is 0 Å². The first-order valence-corrected chi connectivity index (χ1v) is 16.6. The van der Waals surface area contributed by atoms with E-state index in [0.29, 0.717) is 0 Å². The van der Waals surface area contributed by atoms with Crippen molar-refractivity contribution in [1.29, 1.82) is 0 Å². The first-order chi connectivity index (χ1) is 24.3. The third kappa shape index (κ3) is 4.44. The van der Waals surface area contributed by atoms with Crippen molar-refractivity contribution in [3.63, 3.8) is 0 Å². The second-order valence-corrected chi connectivity index (χ2v) is 12.5. The molecule has 0 atom stereocenters. The lowest BCUT2D eigenvalue weighted by Gasteiger charge is -2.26. The van der Waals surface area contributed by atoms with E-state index in [0.717, 1.165) is 60.9 Å². The van der Waals surface area contributed by atoms with Crippen LogP contribution in [0, 0.1) is 0 Å². The summed E-state index contributed by atoms with van der Waals surface area (Å²) in [6.45, 7) is 0. The molecule has 0 N–H and O–H groups in total. The van der Waals surface area contributed by atoms with Crippen molar-refractivity contribution in [2.75, 3.05) is 4.90 Å². The fraction of sp³-hybridized carbons (Fsp3) is 0. The molecule has 0 amide bonds. The summed E-state index contributed by atoms with van der Waals surface area (Å²) in [5, 5.41) is 6.77. The number of hydrogen-bond acceptors (Lipinski definition) is 3. The van der Waals surface area contributed by atoms with Crippen LogP contribution in [0.2, 0.25) is 0 Å². The topological polar surface area (TPSA) is 29.5 Å². The summed E-state index contributed by atoms with van der Waals surface area (Å²) in [5.41, 5.74) is 11.2. The third-order valence-electron chi connectivity index (χ3n) is 9.66. The second-order valence-electron chi connectivity index (χ2n) is 12.5. The van der Waals surface area contributed by atoms with Gasteiger partial charge in [0, 0.05) is 32.9 Å². The number of rotatable bonds is 5. The van der Waals surface area contributed by atoms with Gasteiger partial charge in [-0.15, -0.1) is 0 Å². The van der Waals surface area contributed by atoms with Crippen molar-refractivity contribution >= 4 is 71.7 Å². The summed E-state index contributed by atoms with van der Waals surface area (Å²) in [4.78, 5) is 2.30. The largest absolute Gasteiger partial charge is 0.456 e. The predicted octanol–water partition coefficient (Wildman–Crippen LogP) is 13.4. The molecule has 2 aromatic heterocycles. The van der Waals surface area contributed by atoms with E-state index >= 15 is 0 Å². The van der Waals surface area contributed by atoms with Crippen molar-refractivity contribution in [3.05, 3.63) is 176 Å². The maximum absolute atomic E-state index is 6.61. The summed E-state index contributed by atoms with van der Waals surface area (Å²) in [6, 6.07) is 61.9. The number of para-hydroxylation sites is 2. The number of anilines is 3. The van der Waals surface area contributed by atoms with Gasteiger partial charge in [0.25, 0.3) is 0 Å². The van der Waals surface area contributed by atoms with Crippen LogP contribution in [0.25, 0.3) is 76.9 Å². The predicted molar refractivity (Wildman–Crippen MR) is 204 cm³/mol. The Morgan fingerprint density at radius 1 is 0.347 bits per heavy atom. The van der Waals surface area contributed by atoms with Gasteiger partial charge >= 0.3 is 0 Å². The molecule has 10 aromatic rings. The van der Waals surface area contributed by atoms with Gasteiger partial charge in [-0.25, -0.2) is 0 Å². The molecule has 2 heterocycles. The van der Waals surface area contributed by atoms with Crippen LogP contribution in [-0.4, -0.2) is 0 Å². The minimum atomic E-state index is 0.853. The monoisotopic (exact) mass is 627 g/mol. The average molecular weight is 628 g/mol. The van der Waals surface area contributed by atoms with Crippen LogP contribution in [0.4, 0.5) is 17.1 Å². The molecule has 3 nitrogen and oxygen atoms in total. The Morgan fingerprint density at radius 3 is 1.76 bits per heavy atom. The molecule has 0 aliphatic rings. The highest BCUT2D eigenvalue weighted by atomic mass is 16.3. The number of furan rings is 2. The molecule has 8 aromatic carbocycles. The zero-order valence-electron chi connectivity index (χ0n) is 26.5. The van der Waals surface area contributed by atoms with E-state index in [1.165, 1.54) is 33.0 Å². The average Bonchev–Trinajstić information content (AvgIpc) is 3.74. The minimum absolute atomic E-state index is 0.853. The number of benzene rings is 8. The summed E-state index contributed by atoms with van der Waals surface area (Å²) < 4.78 is 13.2. The first-order valence-electron chi connectivity index (χ1n) is 16.6. The SMILES string of the molecule is c1ccc(-c2ccc(N(c3ccc4oc5cc(-c6ccccc6)c6ccccc6c5c4c3)c3cccc4c3oc3ccccc34)cc2)cc1. The van der Waals surface area contributed by atoms with Gasteiger partial charge < -0.3 is 13.7 Å². The molecule has 0 saturated heterocycles. The van der Waals surface area contributed by atoms with Gasteiger partial charge in [0.15, 0.2) is 5.58 Å². The Balaban J connectivity index is 1.22. The normalized spacial score (nSPS) is 11.7. The lowest BCUT2D eigenvalue weighted by atomic mass is 9.95. The van der Waals surface area contributed by atoms with Gasteiger partial charge in [0.05, 0.1) is 5.69 Å². The van der Waals surface area contributed by atoms with Crippen molar-refractivity contribution in [2.24, 2.45) is 0 Å². The van der Waals surface area contributed by atoms with E-state index < -0.39 is 0 Å². The van der Waals surface area contributed by atoms with Crippen LogP contribution < -0.4 is 4.90 Å². The molecular formula is C46H29NO2. The highest BCUT2D eigenvalue weighted by Crippen LogP contribution is 2.45. The molecule has 0 spiro atoms. The number of hydrogen-bond donors (Lipinski definition) is 0. The smallest absolute Gasteiger partial charge is 0.159 e. The molecule has 0 bridgehead atoms. The van der Waals surface area contributed by atoms with E-state index in [1.807, 2.05) is 12.1 Å². The molecule has 3 heteroatoms. The second kappa shape index (κ2) is 11.0. The van der Waals surface area contributed by atoms with E-state index in [9.17, 15) is 0 Å². The summed E-state index contributed by atoms with van der Waals surface area (Å²) in [7, 11) is 0. The number of nitrogens with zero attached hydrogens (tertiary/aromatic N) is 1. The van der Waals surface area contributed by atoms with Crippen molar-refractivity contribution < 1.29 is 8.83 Å². The maximum Gasteiger partial charge on any atom is 0.159 e. The van der Waals surface area contributed by atoms with Gasteiger partial charge in [-0.05, 0) is 81.6 Å². The lowest BCUT2D eigenvalue weighted by Crippen LogP contribution is -2.10. The quantitative estimate of drug-likeness (QED) is 0.190. The Hall–Kier alpha value is -6.58. The Kier molecular flexibility index (Phi) is 6.18. The molecular weight excluding hydrogens is 599 g/mol. The fourth-order valence-corrected chi connectivity index (χ4v) is 7.39. The summed E-state index contributed by atoms with van der Waals surface area (Å²) in [6.07, 6.45) is 0. The molecule has 49 heavy (non-hydrogen) atoms. The van der Waals surface area contributed by atoms with Gasteiger partial charge in [-0.1, -0.05) is 127 Å². The van der Waals surface area contributed by atoms with Crippen LogP contribution in [0.1, 0.15) is 0 Å². The van der Waals surface area contributed by atoms with Gasteiger partial charge in [-0.3, -0.25) is 0 Å². The van der Waals surface area contributed by atoms with E-state index in [-0.39, 0.29) is 0 Å². The van der Waals surface area contributed by atoms with E-state index in [2.05, 4.69) is 169 Å². The summed E-state index contributed by atoms with van der Waals surface area (Å²) >= 11 is 0. The highest BCUT2D eigenvalue weighted by molar-refractivity contribution is 6.22. The first kappa shape index (κ1) is 27.5. The van der Waals surface area contributed by atoms with Crippen LogP contribution in [0.15, 0.2) is 185 Å².